The van der Waals surface area contributed by atoms with Crippen molar-refractivity contribution in [2.75, 3.05) is 0 Å². The Morgan fingerprint density at radius 2 is 1.75 bits per heavy atom. The molecule has 0 spiro atoms. The first-order valence-electron chi connectivity index (χ1n) is 8.92. The number of aryl methyl sites for hydroxylation is 2. The minimum Gasteiger partial charge on any atom is -0.215 e. The molecule has 1 aromatic carbocycles. The van der Waals surface area contributed by atoms with Gasteiger partial charge in [0.15, 0.2) is 0 Å². The smallest absolute Gasteiger partial charge is 0.215 e. The largest absolute Gasteiger partial charge is 0.251 e. The van der Waals surface area contributed by atoms with Crippen molar-refractivity contribution in [3.8, 4) is 5.95 Å². The van der Waals surface area contributed by atoms with Gasteiger partial charge in [-0.05, 0) is 44.7 Å². The Kier molecular flexibility index (Phi) is 3.83. The topological polar surface area (TPSA) is 43.6 Å². The van der Waals surface area contributed by atoms with Gasteiger partial charge < -0.3 is 0 Å². The summed E-state index contributed by atoms with van der Waals surface area (Å²) in [6.07, 6.45) is 5.02. The lowest BCUT2D eigenvalue weighted by atomic mass is 9.80. The molecule has 0 saturated heterocycles. The molecule has 4 nitrogen and oxygen atoms in total. The minimum absolute atomic E-state index is 0.532. The van der Waals surface area contributed by atoms with Crippen LogP contribution < -0.4 is 0 Å². The van der Waals surface area contributed by atoms with Gasteiger partial charge in [0.25, 0.3) is 5.95 Å². The highest BCUT2D eigenvalue weighted by Crippen LogP contribution is 2.37. The van der Waals surface area contributed by atoms with Crippen LogP contribution in [0.4, 0.5) is 0 Å². The third-order valence-electron chi connectivity index (χ3n) is 5.22. The fraction of sp³-hybridized carbons (Fsp3) is 0.450. The van der Waals surface area contributed by atoms with Crippen LogP contribution in [0.25, 0.3) is 16.9 Å². The molecule has 2 heterocycles. The third-order valence-corrected chi connectivity index (χ3v) is 5.22. The number of benzene rings is 1. The van der Waals surface area contributed by atoms with Crippen LogP contribution in [-0.2, 0) is 0 Å². The van der Waals surface area contributed by atoms with E-state index in [2.05, 4.69) is 43.2 Å². The van der Waals surface area contributed by atoms with Crippen LogP contribution in [0.3, 0.4) is 0 Å². The summed E-state index contributed by atoms with van der Waals surface area (Å²) >= 11 is 0. The van der Waals surface area contributed by atoms with E-state index >= 15 is 0 Å². The predicted molar refractivity (Wildman–Crippen MR) is 96.5 cm³/mol. The molecule has 24 heavy (non-hydrogen) atoms. The lowest BCUT2D eigenvalue weighted by Gasteiger charge is -2.26. The van der Waals surface area contributed by atoms with Crippen LogP contribution in [-0.4, -0.2) is 19.7 Å². The molecular weight excluding hydrogens is 296 g/mol. The lowest BCUT2D eigenvalue weighted by Crippen LogP contribution is -2.15. The van der Waals surface area contributed by atoms with E-state index in [1.54, 1.807) is 0 Å². The molecule has 0 amide bonds. The number of hydrogen-bond donors (Lipinski definition) is 0. The van der Waals surface area contributed by atoms with E-state index in [0.29, 0.717) is 11.9 Å². The summed E-state index contributed by atoms with van der Waals surface area (Å²) < 4.78 is 1.87. The average molecular weight is 320 g/mol. The number of rotatable bonds is 2. The zero-order valence-electron chi connectivity index (χ0n) is 14.7. The molecule has 2 aromatic heterocycles. The Morgan fingerprint density at radius 3 is 2.46 bits per heavy atom. The van der Waals surface area contributed by atoms with Gasteiger partial charge in [-0.15, -0.1) is 0 Å². The molecule has 0 N–H and O–H groups in total. The van der Waals surface area contributed by atoms with Gasteiger partial charge in [0, 0.05) is 17.0 Å². The van der Waals surface area contributed by atoms with Crippen LogP contribution >= 0.6 is 0 Å². The second-order valence-corrected chi connectivity index (χ2v) is 7.22. The van der Waals surface area contributed by atoms with E-state index in [4.69, 9.17) is 9.97 Å². The van der Waals surface area contributed by atoms with Gasteiger partial charge in [-0.2, -0.15) is 5.10 Å². The number of nitrogens with zero attached hydrogens (tertiary/aromatic N) is 4. The lowest BCUT2D eigenvalue weighted by molar-refractivity contribution is 0.345. The van der Waals surface area contributed by atoms with E-state index in [9.17, 15) is 0 Å². The van der Waals surface area contributed by atoms with Crippen molar-refractivity contribution in [3.05, 3.63) is 47.4 Å². The molecule has 0 aliphatic heterocycles. The molecule has 3 aromatic rings. The first-order chi connectivity index (χ1) is 11.6. The monoisotopic (exact) mass is 320 g/mol. The van der Waals surface area contributed by atoms with Crippen molar-refractivity contribution in [3.63, 3.8) is 0 Å². The fourth-order valence-corrected chi connectivity index (χ4v) is 3.86. The number of para-hydroxylation sites is 1. The van der Waals surface area contributed by atoms with Crippen molar-refractivity contribution in [2.24, 2.45) is 5.92 Å². The van der Waals surface area contributed by atoms with Crippen LogP contribution in [0.5, 0.6) is 0 Å². The van der Waals surface area contributed by atoms with E-state index in [-0.39, 0.29) is 0 Å². The number of aromatic nitrogens is 4. The highest BCUT2D eigenvalue weighted by atomic mass is 15.4. The Labute approximate surface area is 142 Å². The summed E-state index contributed by atoms with van der Waals surface area (Å²) in [5.74, 6) is 2.07. The van der Waals surface area contributed by atoms with Crippen molar-refractivity contribution in [1.29, 1.82) is 0 Å². The third kappa shape index (κ3) is 2.70. The fourth-order valence-electron chi connectivity index (χ4n) is 3.86. The highest BCUT2D eigenvalue weighted by Gasteiger charge is 2.24. The van der Waals surface area contributed by atoms with Gasteiger partial charge >= 0.3 is 0 Å². The number of hydrogen-bond acceptors (Lipinski definition) is 3. The van der Waals surface area contributed by atoms with Gasteiger partial charge in [0.05, 0.1) is 16.9 Å². The van der Waals surface area contributed by atoms with Gasteiger partial charge in [-0.1, -0.05) is 38.0 Å². The Balaban J connectivity index is 1.86. The van der Waals surface area contributed by atoms with Crippen LogP contribution in [0.1, 0.15) is 55.6 Å². The molecular formula is C20H24N4. The maximum atomic E-state index is 4.98. The first kappa shape index (κ1) is 15.3. The van der Waals surface area contributed by atoms with E-state index in [1.807, 2.05) is 17.7 Å². The zero-order chi connectivity index (χ0) is 16.7. The van der Waals surface area contributed by atoms with E-state index in [0.717, 1.165) is 22.8 Å². The molecule has 4 heteroatoms. The van der Waals surface area contributed by atoms with Crippen molar-refractivity contribution >= 4 is 10.9 Å². The summed E-state index contributed by atoms with van der Waals surface area (Å²) in [6, 6.07) is 10.5. The minimum atomic E-state index is 0.532. The molecule has 124 valence electrons. The molecule has 1 aliphatic carbocycles. The Bertz CT molecular complexity index is 872. The predicted octanol–water partition coefficient (Wildman–Crippen LogP) is 4.73. The maximum Gasteiger partial charge on any atom is 0.251 e. The van der Waals surface area contributed by atoms with E-state index < -0.39 is 0 Å². The second-order valence-electron chi connectivity index (χ2n) is 7.22. The quantitative estimate of drug-likeness (QED) is 0.686. The van der Waals surface area contributed by atoms with Crippen LogP contribution in [0.15, 0.2) is 30.3 Å². The summed E-state index contributed by atoms with van der Waals surface area (Å²) in [4.78, 5) is 9.76. The molecule has 0 bridgehead atoms. The highest BCUT2D eigenvalue weighted by molar-refractivity contribution is 5.81. The Morgan fingerprint density at radius 1 is 1.00 bits per heavy atom. The summed E-state index contributed by atoms with van der Waals surface area (Å²) in [6.45, 7) is 6.42. The molecule has 1 aliphatic rings. The van der Waals surface area contributed by atoms with Crippen LogP contribution in [0.2, 0.25) is 0 Å². The van der Waals surface area contributed by atoms with Crippen LogP contribution in [0, 0.1) is 19.8 Å². The van der Waals surface area contributed by atoms with Gasteiger partial charge in [-0.25, -0.2) is 14.6 Å². The number of fused-ring (bicyclic) bond motifs is 1. The van der Waals surface area contributed by atoms with E-state index in [1.165, 1.54) is 36.8 Å². The summed E-state index contributed by atoms with van der Waals surface area (Å²) in [7, 11) is 0. The molecule has 0 unspecified atom stereocenters. The van der Waals surface area contributed by atoms with Crippen molar-refractivity contribution in [2.45, 2.75) is 52.4 Å². The van der Waals surface area contributed by atoms with Gasteiger partial charge in [0.1, 0.15) is 0 Å². The molecule has 1 saturated carbocycles. The standard InChI is InChI=1S/C20H24N4/c1-13-8-10-16(11-9-13)19-17-6-4-5-7-18(17)21-20(22-19)24-15(3)12-14(2)23-24/h4-7,12-13,16H,8-11H2,1-3H3. The molecule has 0 atom stereocenters. The zero-order valence-corrected chi connectivity index (χ0v) is 14.7. The van der Waals surface area contributed by atoms with Gasteiger partial charge in [-0.3, -0.25) is 0 Å². The maximum absolute atomic E-state index is 4.98. The molecule has 1 fully saturated rings. The first-order valence-corrected chi connectivity index (χ1v) is 8.92. The van der Waals surface area contributed by atoms with Gasteiger partial charge in [0.2, 0.25) is 0 Å². The Hall–Kier alpha value is -2.23. The molecule has 4 rings (SSSR count). The second kappa shape index (κ2) is 6.00. The SMILES string of the molecule is Cc1cc(C)n(-c2nc(C3CCC(C)CC3)c3ccccc3n2)n1. The normalized spacial score (nSPS) is 21.3. The average Bonchev–Trinajstić information content (AvgIpc) is 2.93. The van der Waals surface area contributed by atoms with Crippen molar-refractivity contribution in [1.82, 2.24) is 19.7 Å². The summed E-state index contributed by atoms with van der Waals surface area (Å²) in [5.41, 5.74) is 4.29. The summed E-state index contributed by atoms with van der Waals surface area (Å²) in [5, 5.41) is 5.77. The van der Waals surface area contributed by atoms with Crippen molar-refractivity contribution < 1.29 is 0 Å². The molecule has 0 radical (unpaired) electrons.